The highest BCUT2D eigenvalue weighted by molar-refractivity contribution is 5.28. The Hall–Kier alpha value is -2.20. The van der Waals surface area contributed by atoms with Gasteiger partial charge in [0.1, 0.15) is 0 Å². The van der Waals surface area contributed by atoms with E-state index >= 15 is 0 Å². The molecule has 4 nitrogen and oxygen atoms in total. The summed E-state index contributed by atoms with van der Waals surface area (Å²) in [7, 11) is 0. The maximum Gasteiger partial charge on any atom is 0.233 e. The number of benzene rings is 2. The Morgan fingerprint density at radius 3 is 2.35 bits per heavy atom. The van der Waals surface area contributed by atoms with Crippen molar-refractivity contribution in [3.63, 3.8) is 0 Å². The Morgan fingerprint density at radius 1 is 1.04 bits per heavy atom. The Bertz CT molecular complexity index is 655. The quantitative estimate of drug-likeness (QED) is 0.627. The van der Waals surface area contributed by atoms with E-state index in [-0.39, 0.29) is 10.8 Å². The first-order valence-corrected chi connectivity index (χ1v) is 8.16. The summed E-state index contributed by atoms with van der Waals surface area (Å²) in [6.45, 7) is 4.15. The molecule has 2 atom stereocenters. The second-order valence-electron chi connectivity index (χ2n) is 6.23. The van der Waals surface area contributed by atoms with Crippen LogP contribution in [0.3, 0.4) is 0 Å². The van der Waals surface area contributed by atoms with E-state index in [4.69, 9.17) is 0 Å². The number of hydrogen-bond acceptors (Lipinski definition) is 3. The molecule has 1 aliphatic heterocycles. The lowest BCUT2D eigenvalue weighted by Crippen LogP contribution is -2.28. The van der Waals surface area contributed by atoms with Gasteiger partial charge in [-0.2, -0.15) is 0 Å². The van der Waals surface area contributed by atoms with Crippen molar-refractivity contribution in [2.75, 3.05) is 13.1 Å². The van der Waals surface area contributed by atoms with Gasteiger partial charge in [0.25, 0.3) is 0 Å². The number of nitrogens with zero attached hydrogens (tertiary/aromatic N) is 2. The molecule has 4 heteroatoms. The zero-order chi connectivity index (χ0) is 16.2. The van der Waals surface area contributed by atoms with Crippen LogP contribution in [0.15, 0.2) is 54.6 Å². The summed E-state index contributed by atoms with van der Waals surface area (Å²) in [5.41, 5.74) is 3.56. The van der Waals surface area contributed by atoms with Gasteiger partial charge in [-0.15, -0.1) is 0 Å². The van der Waals surface area contributed by atoms with E-state index < -0.39 is 6.04 Å². The molecule has 0 aromatic heterocycles. The molecule has 120 valence electrons. The molecular formula is C19H22N2O2. The Balaban J connectivity index is 1.76. The van der Waals surface area contributed by atoms with Gasteiger partial charge in [-0.3, -0.25) is 15.0 Å². The minimum absolute atomic E-state index is 0.0281. The Morgan fingerprint density at radius 2 is 1.74 bits per heavy atom. The van der Waals surface area contributed by atoms with Crippen molar-refractivity contribution in [3.8, 4) is 0 Å². The first-order valence-electron chi connectivity index (χ1n) is 8.16. The lowest BCUT2D eigenvalue weighted by Gasteiger charge is -2.15. The van der Waals surface area contributed by atoms with Gasteiger partial charge >= 0.3 is 0 Å². The van der Waals surface area contributed by atoms with Crippen molar-refractivity contribution in [3.05, 3.63) is 81.4 Å². The van der Waals surface area contributed by atoms with Crippen LogP contribution < -0.4 is 0 Å². The maximum atomic E-state index is 11.5. The maximum absolute atomic E-state index is 11.5. The van der Waals surface area contributed by atoms with Crippen LogP contribution in [0, 0.1) is 10.1 Å². The molecule has 0 bridgehead atoms. The van der Waals surface area contributed by atoms with E-state index in [0.717, 1.165) is 25.1 Å². The van der Waals surface area contributed by atoms with Gasteiger partial charge in [-0.05, 0) is 23.1 Å². The van der Waals surface area contributed by atoms with Gasteiger partial charge < -0.3 is 0 Å². The zero-order valence-corrected chi connectivity index (χ0v) is 13.4. The summed E-state index contributed by atoms with van der Waals surface area (Å²) < 4.78 is 0. The second kappa shape index (κ2) is 6.92. The van der Waals surface area contributed by atoms with Gasteiger partial charge in [-0.1, -0.05) is 61.5 Å². The molecule has 1 aliphatic rings. The molecule has 0 radical (unpaired) electrons. The molecular weight excluding hydrogens is 288 g/mol. The van der Waals surface area contributed by atoms with Crippen molar-refractivity contribution in [2.24, 2.45) is 0 Å². The standard InChI is InChI=1S/C19H22N2O2/c1-2-15-8-10-17(11-9-15)18-13-20(14-19(18)21(22)23)12-16-6-4-3-5-7-16/h3-11,18-19H,2,12-14H2,1H3. The van der Waals surface area contributed by atoms with Crippen LogP contribution in [0.1, 0.15) is 29.5 Å². The normalized spacial score (nSPS) is 21.4. The van der Waals surface area contributed by atoms with E-state index in [1.54, 1.807) is 0 Å². The summed E-state index contributed by atoms with van der Waals surface area (Å²) in [5, 5.41) is 11.5. The monoisotopic (exact) mass is 310 g/mol. The fourth-order valence-electron chi connectivity index (χ4n) is 3.38. The van der Waals surface area contributed by atoms with Crippen molar-refractivity contribution >= 4 is 0 Å². The SMILES string of the molecule is CCc1ccc(C2CN(Cc3ccccc3)CC2[N+](=O)[O-])cc1. The minimum Gasteiger partial charge on any atom is -0.292 e. The zero-order valence-electron chi connectivity index (χ0n) is 13.4. The molecule has 0 saturated carbocycles. The topological polar surface area (TPSA) is 46.4 Å². The van der Waals surface area contributed by atoms with Crippen molar-refractivity contribution in [2.45, 2.75) is 31.8 Å². The highest BCUT2D eigenvalue weighted by Crippen LogP contribution is 2.30. The molecule has 0 N–H and O–H groups in total. The Labute approximate surface area is 136 Å². The van der Waals surface area contributed by atoms with E-state index in [0.29, 0.717) is 6.54 Å². The summed E-state index contributed by atoms with van der Waals surface area (Å²) in [6, 6.07) is 17.9. The van der Waals surface area contributed by atoms with Crippen LogP contribution in [0.5, 0.6) is 0 Å². The smallest absolute Gasteiger partial charge is 0.233 e. The lowest BCUT2D eigenvalue weighted by molar-refractivity contribution is -0.521. The summed E-state index contributed by atoms with van der Waals surface area (Å²) in [5.74, 6) is -0.0281. The van der Waals surface area contributed by atoms with Crippen LogP contribution in [0.25, 0.3) is 0 Å². The van der Waals surface area contributed by atoms with Gasteiger partial charge in [-0.25, -0.2) is 0 Å². The third kappa shape index (κ3) is 3.59. The summed E-state index contributed by atoms with van der Waals surface area (Å²) in [4.78, 5) is 13.6. The van der Waals surface area contributed by atoms with E-state index in [2.05, 4.69) is 48.2 Å². The van der Waals surface area contributed by atoms with Gasteiger partial charge in [0, 0.05) is 18.0 Å². The van der Waals surface area contributed by atoms with Gasteiger partial charge in [0.05, 0.1) is 12.5 Å². The fraction of sp³-hybridized carbons (Fsp3) is 0.368. The lowest BCUT2D eigenvalue weighted by atomic mass is 9.93. The largest absolute Gasteiger partial charge is 0.292 e. The first-order chi connectivity index (χ1) is 11.2. The van der Waals surface area contributed by atoms with E-state index in [1.807, 2.05) is 18.2 Å². The molecule has 1 saturated heterocycles. The molecule has 2 aromatic rings. The molecule has 23 heavy (non-hydrogen) atoms. The van der Waals surface area contributed by atoms with Crippen molar-refractivity contribution in [1.82, 2.24) is 4.90 Å². The summed E-state index contributed by atoms with van der Waals surface area (Å²) >= 11 is 0. The summed E-state index contributed by atoms with van der Waals surface area (Å²) in [6.07, 6.45) is 0.990. The van der Waals surface area contributed by atoms with Crippen LogP contribution in [0.4, 0.5) is 0 Å². The van der Waals surface area contributed by atoms with Gasteiger partial charge in [0.15, 0.2) is 0 Å². The Kier molecular flexibility index (Phi) is 4.72. The van der Waals surface area contributed by atoms with Crippen molar-refractivity contribution in [1.29, 1.82) is 0 Å². The highest BCUT2D eigenvalue weighted by Gasteiger charge is 2.41. The third-order valence-corrected chi connectivity index (χ3v) is 4.70. The average Bonchev–Trinajstić information content (AvgIpc) is 3.00. The predicted octanol–water partition coefficient (Wildman–Crippen LogP) is 3.49. The second-order valence-corrected chi connectivity index (χ2v) is 6.23. The number of nitro groups is 1. The first kappa shape index (κ1) is 15.7. The van der Waals surface area contributed by atoms with Crippen LogP contribution in [-0.2, 0) is 13.0 Å². The molecule has 0 aliphatic carbocycles. The molecule has 1 heterocycles. The highest BCUT2D eigenvalue weighted by atomic mass is 16.6. The molecule has 2 unspecified atom stereocenters. The number of likely N-dealkylation sites (tertiary alicyclic amines) is 1. The van der Waals surface area contributed by atoms with Crippen LogP contribution in [0.2, 0.25) is 0 Å². The predicted molar refractivity (Wildman–Crippen MR) is 91.1 cm³/mol. The van der Waals surface area contributed by atoms with Gasteiger partial charge in [0.2, 0.25) is 6.04 Å². The van der Waals surface area contributed by atoms with Crippen LogP contribution in [-0.4, -0.2) is 29.0 Å². The molecule has 0 amide bonds. The third-order valence-electron chi connectivity index (χ3n) is 4.70. The fourth-order valence-corrected chi connectivity index (χ4v) is 3.38. The molecule has 1 fully saturated rings. The van der Waals surface area contributed by atoms with Crippen LogP contribution >= 0.6 is 0 Å². The number of hydrogen-bond donors (Lipinski definition) is 0. The average molecular weight is 310 g/mol. The minimum atomic E-state index is -0.522. The van der Waals surface area contributed by atoms with E-state index in [9.17, 15) is 10.1 Å². The number of aryl methyl sites for hydroxylation is 1. The van der Waals surface area contributed by atoms with Crippen molar-refractivity contribution < 1.29 is 4.92 Å². The molecule has 2 aromatic carbocycles. The van der Waals surface area contributed by atoms with E-state index in [1.165, 1.54) is 11.1 Å². The molecule has 3 rings (SSSR count). The number of rotatable bonds is 5. The molecule has 0 spiro atoms.